The molecule has 6 heteroatoms. The van der Waals surface area contributed by atoms with Crippen molar-refractivity contribution in [2.45, 2.75) is 43.5 Å². The van der Waals surface area contributed by atoms with Crippen LogP contribution in [0.2, 0.25) is 0 Å². The first-order chi connectivity index (χ1) is 8.96. The summed E-state index contributed by atoms with van der Waals surface area (Å²) < 4.78 is 39.9. The molecule has 0 spiro atoms. The summed E-state index contributed by atoms with van der Waals surface area (Å²) in [6.45, 7) is 2.51. The number of nitrogen functional groups attached to an aromatic ring is 1. The second-order valence-electron chi connectivity index (χ2n) is 4.88. The molecule has 0 aromatic heterocycles. The molecule has 0 aliphatic heterocycles. The highest BCUT2D eigenvalue weighted by Gasteiger charge is 2.37. The van der Waals surface area contributed by atoms with E-state index in [0.29, 0.717) is 6.54 Å². The molecule has 1 aromatic rings. The van der Waals surface area contributed by atoms with Crippen molar-refractivity contribution in [3.63, 3.8) is 0 Å². The second kappa shape index (κ2) is 5.46. The van der Waals surface area contributed by atoms with E-state index in [-0.39, 0.29) is 16.6 Å². The highest BCUT2D eigenvalue weighted by molar-refractivity contribution is 7.89. The molecule has 0 amide bonds. The van der Waals surface area contributed by atoms with Crippen molar-refractivity contribution in [2.75, 3.05) is 12.3 Å². The summed E-state index contributed by atoms with van der Waals surface area (Å²) in [6.07, 6.45) is 3.52. The highest BCUT2D eigenvalue weighted by atomic mass is 32.2. The largest absolute Gasteiger partial charge is 0.396 e. The van der Waals surface area contributed by atoms with Crippen LogP contribution in [0, 0.1) is 5.82 Å². The molecule has 0 atom stereocenters. The van der Waals surface area contributed by atoms with E-state index >= 15 is 0 Å². The zero-order chi connectivity index (χ0) is 14.0. The molecule has 1 fully saturated rings. The second-order valence-corrected chi connectivity index (χ2v) is 6.77. The topological polar surface area (TPSA) is 63.4 Å². The number of nitrogens with zero attached hydrogens (tertiary/aromatic N) is 1. The van der Waals surface area contributed by atoms with Crippen molar-refractivity contribution in [1.82, 2.24) is 4.31 Å². The van der Waals surface area contributed by atoms with Crippen LogP contribution >= 0.6 is 0 Å². The lowest BCUT2D eigenvalue weighted by atomic mass is 10.3. The Morgan fingerprint density at radius 1 is 1.42 bits per heavy atom. The molecule has 1 aliphatic rings. The van der Waals surface area contributed by atoms with Crippen molar-refractivity contribution in [1.29, 1.82) is 0 Å². The summed E-state index contributed by atoms with van der Waals surface area (Å²) >= 11 is 0. The lowest BCUT2D eigenvalue weighted by Crippen LogP contribution is -2.34. The van der Waals surface area contributed by atoms with Gasteiger partial charge in [0.15, 0.2) is 0 Å². The van der Waals surface area contributed by atoms with Gasteiger partial charge in [-0.05, 0) is 37.5 Å². The molecule has 0 bridgehead atoms. The molecule has 1 saturated carbocycles. The highest BCUT2D eigenvalue weighted by Crippen LogP contribution is 2.32. The first-order valence-corrected chi connectivity index (χ1v) is 7.97. The zero-order valence-electron chi connectivity index (χ0n) is 11.0. The van der Waals surface area contributed by atoms with Crippen LogP contribution in [0.3, 0.4) is 0 Å². The van der Waals surface area contributed by atoms with Gasteiger partial charge in [-0.3, -0.25) is 0 Å². The van der Waals surface area contributed by atoms with Gasteiger partial charge < -0.3 is 5.73 Å². The van der Waals surface area contributed by atoms with Gasteiger partial charge in [-0.25, -0.2) is 12.8 Å². The van der Waals surface area contributed by atoms with Gasteiger partial charge in [-0.15, -0.1) is 0 Å². The fourth-order valence-corrected chi connectivity index (χ4v) is 3.72. The van der Waals surface area contributed by atoms with Crippen LogP contribution in [0.5, 0.6) is 0 Å². The third kappa shape index (κ3) is 3.06. The smallest absolute Gasteiger partial charge is 0.243 e. The summed E-state index contributed by atoms with van der Waals surface area (Å²) in [5, 5.41) is 0. The Labute approximate surface area is 113 Å². The first kappa shape index (κ1) is 14.3. The molecule has 0 unspecified atom stereocenters. The van der Waals surface area contributed by atoms with Gasteiger partial charge in [0.2, 0.25) is 10.0 Å². The van der Waals surface area contributed by atoms with Crippen molar-refractivity contribution >= 4 is 15.7 Å². The quantitative estimate of drug-likeness (QED) is 0.817. The molecule has 1 aliphatic carbocycles. The van der Waals surface area contributed by atoms with E-state index in [1.54, 1.807) is 0 Å². The molecule has 19 heavy (non-hydrogen) atoms. The fraction of sp³-hybridized carbons (Fsp3) is 0.538. The summed E-state index contributed by atoms with van der Waals surface area (Å²) in [5.41, 5.74) is 5.34. The number of hydrogen-bond acceptors (Lipinski definition) is 3. The standard InChI is InChI=1S/C13H19FN2O2S/c1-2-3-8-16(10-4-5-10)19(17,18)11-6-7-13(15)12(14)9-11/h6-7,9-10H,2-5,8,15H2,1H3. The van der Waals surface area contributed by atoms with Gasteiger partial charge in [0.25, 0.3) is 0 Å². The predicted molar refractivity (Wildman–Crippen MR) is 72.6 cm³/mol. The van der Waals surface area contributed by atoms with Gasteiger partial charge in [0.1, 0.15) is 5.82 Å². The molecule has 1 aromatic carbocycles. The Bertz CT molecular complexity index is 556. The number of sulfonamides is 1. The number of nitrogens with two attached hydrogens (primary N) is 1. The molecular formula is C13H19FN2O2S. The summed E-state index contributed by atoms with van der Waals surface area (Å²) in [5.74, 6) is -0.688. The molecule has 0 heterocycles. The maximum atomic E-state index is 13.4. The molecule has 4 nitrogen and oxygen atoms in total. The normalized spacial score (nSPS) is 15.9. The Kier molecular flexibility index (Phi) is 4.10. The Morgan fingerprint density at radius 2 is 2.11 bits per heavy atom. The van der Waals surface area contributed by atoms with Crippen LogP contribution < -0.4 is 5.73 Å². The summed E-state index contributed by atoms with van der Waals surface area (Å²) in [6, 6.07) is 3.76. The maximum Gasteiger partial charge on any atom is 0.243 e. The van der Waals surface area contributed by atoms with Crippen molar-refractivity contribution < 1.29 is 12.8 Å². The summed E-state index contributed by atoms with van der Waals surface area (Å²) in [7, 11) is -3.61. The van der Waals surface area contributed by atoms with E-state index < -0.39 is 15.8 Å². The lowest BCUT2D eigenvalue weighted by Gasteiger charge is -2.21. The molecule has 0 saturated heterocycles. The minimum Gasteiger partial charge on any atom is -0.396 e. The minimum atomic E-state index is -3.61. The maximum absolute atomic E-state index is 13.4. The fourth-order valence-electron chi connectivity index (χ4n) is 1.98. The van der Waals surface area contributed by atoms with Crippen LogP contribution in [-0.4, -0.2) is 25.3 Å². The Morgan fingerprint density at radius 3 is 2.63 bits per heavy atom. The van der Waals surface area contributed by atoms with E-state index in [1.165, 1.54) is 16.4 Å². The van der Waals surface area contributed by atoms with Crippen LogP contribution in [0.4, 0.5) is 10.1 Å². The van der Waals surface area contributed by atoms with E-state index in [1.807, 2.05) is 6.92 Å². The van der Waals surface area contributed by atoms with Crippen LogP contribution in [0.15, 0.2) is 23.1 Å². The van der Waals surface area contributed by atoms with Gasteiger partial charge in [0.05, 0.1) is 10.6 Å². The van der Waals surface area contributed by atoms with E-state index in [4.69, 9.17) is 5.73 Å². The third-order valence-corrected chi connectivity index (χ3v) is 5.21. The third-order valence-electron chi connectivity index (χ3n) is 3.26. The number of anilines is 1. The molecular weight excluding hydrogens is 267 g/mol. The van der Waals surface area contributed by atoms with Gasteiger partial charge in [0, 0.05) is 12.6 Å². The number of halogens is 1. The number of unbranched alkanes of at least 4 members (excludes halogenated alkanes) is 1. The molecule has 0 radical (unpaired) electrons. The monoisotopic (exact) mass is 286 g/mol. The average molecular weight is 286 g/mol. The molecule has 2 N–H and O–H groups in total. The molecule has 106 valence electrons. The van der Waals surface area contributed by atoms with Crippen molar-refractivity contribution in [3.05, 3.63) is 24.0 Å². The number of hydrogen-bond donors (Lipinski definition) is 1. The van der Waals surface area contributed by atoms with E-state index in [0.717, 1.165) is 31.7 Å². The van der Waals surface area contributed by atoms with Crippen molar-refractivity contribution in [2.24, 2.45) is 0 Å². The number of benzene rings is 1. The lowest BCUT2D eigenvalue weighted by molar-refractivity contribution is 0.395. The van der Waals surface area contributed by atoms with E-state index in [2.05, 4.69) is 0 Å². The van der Waals surface area contributed by atoms with Crippen LogP contribution in [0.25, 0.3) is 0 Å². The molecule has 2 rings (SSSR count). The van der Waals surface area contributed by atoms with Gasteiger partial charge in [-0.2, -0.15) is 4.31 Å². The summed E-state index contributed by atoms with van der Waals surface area (Å²) in [4.78, 5) is -0.0118. The average Bonchev–Trinajstić information content (AvgIpc) is 3.17. The SMILES string of the molecule is CCCCN(C1CC1)S(=O)(=O)c1ccc(N)c(F)c1. The van der Waals surface area contributed by atoms with Crippen molar-refractivity contribution in [3.8, 4) is 0 Å². The van der Waals surface area contributed by atoms with E-state index in [9.17, 15) is 12.8 Å². The zero-order valence-corrected chi connectivity index (χ0v) is 11.8. The Hall–Kier alpha value is -1.14. The minimum absolute atomic E-state index is 0.0118. The van der Waals surface area contributed by atoms with Gasteiger partial charge >= 0.3 is 0 Å². The van der Waals surface area contributed by atoms with Gasteiger partial charge in [-0.1, -0.05) is 13.3 Å². The number of rotatable bonds is 6. The first-order valence-electron chi connectivity index (χ1n) is 6.53. The Balaban J connectivity index is 2.30. The van der Waals surface area contributed by atoms with Crippen LogP contribution in [0.1, 0.15) is 32.6 Å². The van der Waals surface area contributed by atoms with Crippen LogP contribution in [-0.2, 0) is 10.0 Å². The predicted octanol–water partition coefficient (Wildman–Crippen LogP) is 2.36.